The van der Waals surface area contributed by atoms with Gasteiger partial charge in [0, 0.05) is 19.6 Å². The molecule has 7 heteroatoms. The van der Waals surface area contributed by atoms with E-state index in [1.807, 2.05) is 0 Å². The number of hydrazine groups is 1. The van der Waals surface area contributed by atoms with Crippen molar-refractivity contribution in [1.29, 1.82) is 0 Å². The standard InChI is InChI=1S/C13H25N7/c1-3-20(4-2)13-17-11(16-12(18-13)19-14)15-9-10-7-5-6-8-10/h10H,3-9,14H2,1-2H3,(H2,15,16,17,18,19). The summed E-state index contributed by atoms with van der Waals surface area (Å²) in [5.41, 5.74) is 2.51. The van der Waals surface area contributed by atoms with Crippen LogP contribution in [0.15, 0.2) is 0 Å². The molecule has 0 unspecified atom stereocenters. The maximum atomic E-state index is 5.44. The first-order chi connectivity index (χ1) is 9.76. The van der Waals surface area contributed by atoms with Crippen LogP contribution in [-0.4, -0.2) is 34.6 Å². The summed E-state index contributed by atoms with van der Waals surface area (Å²) >= 11 is 0. The van der Waals surface area contributed by atoms with E-state index < -0.39 is 0 Å². The maximum absolute atomic E-state index is 5.44. The highest BCUT2D eigenvalue weighted by atomic mass is 15.4. The van der Waals surface area contributed by atoms with Crippen LogP contribution in [0.4, 0.5) is 17.8 Å². The molecular weight excluding hydrogens is 254 g/mol. The van der Waals surface area contributed by atoms with Gasteiger partial charge in [-0.15, -0.1) is 0 Å². The molecule has 1 heterocycles. The third-order valence-corrected chi connectivity index (χ3v) is 3.82. The highest BCUT2D eigenvalue weighted by Gasteiger charge is 2.16. The zero-order chi connectivity index (χ0) is 14.4. The molecule has 0 amide bonds. The van der Waals surface area contributed by atoms with Crippen molar-refractivity contribution in [3.8, 4) is 0 Å². The Hall–Kier alpha value is -1.63. The second-order valence-corrected chi connectivity index (χ2v) is 5.13. The Bertz CT molecular complexity index is 413. The number of rotatable bonds is 7. The molecule has 0 saturated heterocycles. The molecule has 4 N–H and O–H groups in total. The molecule has 0 aliphatic heterocycles. The van der Waals surface area contributed by atoms with Crippen LogP contribution < -0.4 is 21.5 Å². The van der Waals surface area contributed by atoms with E-state index in [4.69, 9.17) is 5.84 Å². The van der Waals surface area contributed by atoms with Crippen LogP contribution in [0.5, 0.6) is 0 Å². The SMILES string of the molecule is CCN(CC)c1nc(NN)nc(NCC2CCCC2)n1. The van der Waals surface area contributed by atoms with Gasteiger partial charge in [0.15, 0.2) is 0 Å². The van der Waals surface area contributed by atoms with Gasteiger partial charge in [0.2, 0.25) is 17.8 Å². The molecule has 1 saturated carbocycles. The van der Waals surface area contributed by atoms with Crippen molar-refractivity contribution in [2.45, 2.75) is 39.5 Å². The lowest BCUT2D eigenvalue weighted by Crippen LogP contribution is -2.26. The molecule has 0 aromatic carbocycles. The minimum atomic E-state index is 0.399. The van der Waals surface area contributed by atoms with Gasteiger partial charge in [-0.2, -0.15) is 15.0 Å². The minimum Gasteiger partial charge on any atom is -0.354 e. The lowest BCUT2D eigenvalue weighted by atomic mass is 10.1. The fraction of sp³-hybridized carbons (Fsp3) is 0.769. The number of nitrogens with one attached hydrogen (secondary N) is 2. The van der Waals surface area contributed by atoms with Crippen LogP contribution in [0.1, 0.15) is 39.5 Å². The van der Waals surface area contributed by atoms with Crippen molar-refractivity contribution in [3.05, 3.63) is 0 Å². The molecule has 2 rings (SSSR count). The van der Waals surface area contributed by atoms with Crippen LogP contribution in [0, 0.1) is 5.92 Å². The summed E-state index contributed by atoms with van der Waals surface area (Å²) in [5.74, 6) is 7.83. The summed E-state index contributed by atoms with van der Waals surface area (Å²) in [4.78, 5) is 15.1. The average molecular weight is 279 g/mol. The zero-order valence-electron chi connectivity index (χ0n) is 12.4. The molecule has 1 aliphatic rings. The molecule has 0 bridgehead atoms. The van der Waals surface area contributed by atoms with Crippen molar-refractivity contribution in [2.24, 2.45) is 11.8 Å². The average Bonchev–Trinajstić information content (AvgIpc) is 2.99. The molecule has 20 heavy (non-hydrogen) atoms. The molecule has 1 aromatic rings. The molecule has 0 radical (unpaired) electrons. The van der Waals surface area contributed by atoms with E-state index in [0.717, 1.165) is 25.6 Å². The molecule has 112 valence electrons. The van der Waals surface area contributed by atoms with Crippen molar-refractivity contribution < 1.29 is 0 Å². The largest absolute Gasteiger partial charge is 0.354 e. The molecule has 0 spiro atoms. The Labute approximate surface area is 120 Å². The highest BCUT2D eigenvalue weighted by molar-refractivity contribution is 5.43. The summed E-state index contributed by atoms with van der Waals surface area (Å²) in [6.07, 6.45) is 5.26. The van der Waals surface area contributed by atoms with E-state index >= 15 is 0 Å². The van der Waals surface area contributed by atoms with Gasteiger partial charge in [-0.1, -0.05) is 12.8 Å². The number of hydrogen-bond donors (Lipinski definition) is 3. The Morgan fingerprint density at radius 3 is 2.35 bits per heavy atom. The van der Waals surface area contributed by atoms with Gasteiger partial charge in [-0.3, -0.25) is 5.43 Å². The Morgan fingerprint density at radius 2 is 1.75 bits per heavy atom. The predicted molar refractivity (Wildman–Crippen MR) is 81.6 cm³/mol. The second-order valence-electron chi connectivity index (χ2n) is 5.13. The summed E-state index contributed by atoms with van der Waals surface area (Å²) in [6, 6.07) is 0. The molecule has 0 atom stereocenters. The topological polar surface area (TPSA) is 92.0 Å². The molecule has 1 aromatic heterocycles. The van der Waals surface area contributed by atoms with Crippen LogP contribution >= 0.6 is 0 Å². The number of nitrogen functional groups attached to an aromatic ring is 1. The normalized spacial score (nSPS) is 15.3. The van der Waals surface area contributed by atoms with Crippen LogP contribution in [-0.2, 0) is 0 Å². The lowest BCUT2D eigenvalue weighted by Gasteiger charge is -2.19. The van der Waals surface area contributed by atoms with Gasteiger partial charge in [0.1, 0.15) is 0 Å². The van der Waals surface area contributed by atoms with Gasteiger partial charge >= 0.3 is 0 Å². The van der Waals surface area contributed by atoms with Gasteiger partial charge < -0.3 is 10.2 Å². The van der Waals surface area contributed by atoms with Gasteiger partial charge in [-0.05, 0) is 32.6 Å². The predicted octanol–water partition coefficient (Wildman–Crippen LogP) is 1.61. The van der Waals surface area contributed by atoms with E-state index in [-0.39, 0.29) is 0 Å². The van der Waals surface area contributed by atoms with Crippen LogP contribution in [0.2, 0.25) is 0 Å². The van der Waals surface area contributed by atoms with Crippen LogP contribution in [0.25, 0.3) is 0 Å². The van der Waals surface area contributed by atoms with Crippen molar-refractivity contribution in [2.75, 3.05) is 35.3 Å². The van der Waals surface area contributed by atoms with Gasteiger partial charge in [0.25, 0.3) is 0 Å². The Kier molecular flexibility index (Phi) is 5.34. The summed E-state index contributed by atoms with van der Waals surface area (Å²) < 4.78 is 0. The number of aromatic nitrogens is 3. The first-order valence-corrected chi connectivity index (χ1v) is 7.48. The molecular formula is C13H25N7. The van der Waals surface area contributed by atoms with Gasteiger partial charge in [0.05, 0.1) is 0 Å². The summed E-state index contributed by atoms with van der Waals surface area (Å²) in [5, 5.41) is 3.32. The van der Waals surface area contributed by atoms with E-state index in [1.165, 1.54) is 25.7 Å². The third kappa shape index (κ3) is 3.69. The molecule has 1 fully saturated rings. The smallest absolute Gasteiger partial charge is 0.243 e. The number of anilines is 3. The van der Waals surface area contributed by atoms with E-state index in [0.29, 0.717) is 17.8 Å². The summed E-state index contributed by atoms with van der Waals surface area (Å²) in [7, 11) is 0. The van der Waals surface area contributed by atoms with Crippen molar-refractivity contribution in [3.63, 3.8) is 0 Å². The van der Waals surface area contributed by atoms with E-state index in [9.17, 15) is 0 Å². The summed E-state index contributed by atoms with van der Waals surface area (Å²) in [6.45, 7) is 6.79. The fourth-order valence-corrected chi connectivity index (χ4v) is 2.61. The monoisotopic (exact) mass is 279 g/mol. The zero-order valence-corrected chi connectivity index (χ0v) is 12.4. The number of hydrogen-bond acceptors (Lipinski definition) is 7. The number of nitrogens with zero attached hydrogens (tertiary/aromatic N) is 4. The Balaban J connectivity index is 2.08. The maximum Gasteiger partial charge on any atom is 0.243 e. The minimum absolute atomic E-state index is 0.399. The van der Waals surface area contributed by atoms with E-state index in [1.54, 1.807) is 0 Å². The third-order valence-electron chi connectivity index (χ3n) is 3.82. The van der Waals surface area contributed by atoms with Crippen molar-refractivity contribution >= 4 is 17.8 Å². The van der Waals surface area contributed by atoms with Crippen molar-refractivity contribution in [1.82, 2.24) is 15.0 Å². The first-order valence-electron chi connectivity index (χ1n) is 7.48. The quantitative estimate of drug-likeness (QED) is 0.516. The fourth-order valence-electron chi connectivity index (χ4n) is 2.61. The van der Waals surface area contributed by atoms with E-state index in [2.05, 4.69) is 44.4 Å². The highest BCUT2D eigenvalue weighted by Crippen LogP contribution is 2.24. The second kappa shape index (κ2) is 7.23. The lowest BCUT2D eigenvalue weighted by molar-refractivity contribution is 0.577. The number of nitrogens with two attached hydrogens (primary N) is 1. The van der Waals surface area contributed by atoms with Crippen LogP contribution in [0.3, 0.4) is 0 Å². The van der Waals surface area contributed by atoms with Gasteiger partial charge in [-0.25, -0.2) is 5.84 Å². The molecule has 1 aliphatic carbocycles. The first kappa shape index (κ1) is 14.8. The Morgan fingerprint density at radius 1 is 1.10 bits per heavy atom. The molecule has 7 nitrogen and oxygen atoms in total.